The van der Waals surface area contributed by atoms with Crippen LogP contribution < -0.4 is 0 Å². The van der Waals surface area contributed by atoms with Crippen molar-refractivity contribution < 1.29 is 10.2 Å². The van der Waals surface area contributed by atoms with Gasteiger partial charge in [0.05, 0.1) is 0 Å². The summed E-state index contributed by atoms with van der Waals surface area (Å²) >= 11 is 0. The van der Waals surface area contributed by atoms with Crippen LogP contribution in [-0.4, -0.2) is 10.2 Å². The summed E-state index contributed by atoms with van der Waals surface area (Å²) in [5, 5.41) is 18.8. The predicted molar refractivity (Wildman–Crippen MR) is 48.0 cm³/mol. The molecule has 12 heavy (non-hydrogen) atoms. The maximum absolute atomic E-state index is 9.49. The molecular formula is C10H12O2. The van der Waals surface area contributed by atoms with Crippen molar-refractivity contribution in [2.24, 2.45) is 0 Å². The van der Waals surface area contributed by atoms with Gasteiger partial charge in [-0.3, -0.25) is 0 Å². The van der Waals surface area contributed by atoms with Crippen LogP contribution in [-0.2, 0) is 0 Å². The third-order valence-electron chi connectivity index (χ3n) is 1.81. The molecule has 1 rings (SSSR count). The van der Waals surface area contributed by atoms with E-state index in [-0.39, 0.29) is 5.75 Å². The maximum Gasteiger partial charge on any atom is 0.124 e. The average Bonchev–Trinajstić information content (AvgIpc) is 2.08. The monoisotopic (exact) mass is 164 g/mol. The largest absolute Gasteiger partial charge is 0.507 e. The van der Waals surface area contributed by atoms with Crippen molar-refractivity contribution in [1.82, 2.24) is 0 Å². The van der Waals surface area contributed by atoms with Crippen molar-refractivity contribution >= 4 is 0 Å². The molecule has 0 aliphatic rings. The molecule has 0 aliphatic carbocycles. The minimum Gasteiger partial charge on any atom is -0.507 e. The number of aromatic hydroxyl groups is 1. The Morgan fingerprint density at radius 2 is 2.17 bits per heavy atom. The van der Waals surface area contributed by atoms with Crippen molar-refractivity contribution in [2.45, 2.75) is 13.0 Å². The second kappa shape index (κ2) is 3.41. The van der Waals surface area contributed by atoms with Crippen LogP contribution in [0.5, 0.6) is 5.75 Å². The second-order valence-electron chi connectivity index (χ2n) is 2.69. The first-order chi connectivity index (χ1) is 5.66. The van der Waals surface area contributed by atoms with Crippen LogP contribution in [0, 0.1) is 6.92 Å². The molecule has 2 nitrogen and oxygen atoms in total. The van der Waals surface area contributed by atoms with Gasteiger partial charge in [-0.2, -0.15) is 0 Å². The molecule has 0 fully saturated rings. The molecule has 0 aromatic heterocycles. The van der Waals surface area contributed by atoms with Crippen LogP contribution >= 0.6 is 0 Å². The molecule has 2 N–H and O–H groups in total. The van der Waals surface area contributed by atoms with E-state index in [2.05, 4.69) is 6.58 Å². The summed E-state index contributed by atoms with van der Waals surface area (Å²) in [6, 6.07) is 5.25. The first kappa shape index (κ1) is 8.81. The fourth-order valence-corrected chi connectivity index (χ4v) is 1.05. The van der Waals surface area contributed by atoms with Gasteiger partial charge in [0.2, 0.25) is 0 Å². The molecule has 0 amide bonds. The van der Waals surface area contributed by atoms with Crippen molar-refractivity contribution in [1.29, 1.82) is 0 Å². The highest BCUT2D eigenvalue weighted by Gasteiger charge is 2.08. The number of aliphatic hydroxyl groups excluding tert-OH is 1. The number of hydrogen-bond acceptors (Lipinski definition) is 2. The van der Waals surface area contributed by atoms with Gasteiger partial charge in [0.1, 0.15) is 11.9 Å². The summed E-state index contributed by atoms with van der Waals surface area (Å²) in [7, 11) is 0. The zero-order valence-electron chi connectivity index (χ0n) is 6.99. The topological polar surface area (TPSA) is 40.5 Å². The number of phenolic OH excluding ortho intramolecular Hbond substituents is 1. The van der Waals surface area contributed by atoms with Gasteiger partial charge >= 0.3 is 0 Å². The molecule has 0 spiro atoms. The number of phenols is 1. The fraction of sp³-hybridized carbons (Fsp3) is 0.200. The van der Waals surface area contributed by atoms with Gasteiger partial charge in [-0.25, -0.2) is 0 Å². The van der Waals surface area contributed by atoms with Gasteiger partial charge in [0, 0.05) is 5.56 Å². The molecule has 0 saturated carbocycles. The predicted octanol–water partition coefficient (Wildman–Crippen LogP) is 1.92. The summed E-state index contributed by atoms with van der Waals surface area (Å²) < 4.78 is 0. The lowest BCUT2D eigenvalue weighted by molar-refractivity contribution is 0.224. The molecule has 1 aromatic carbocycles. The quantitative estimate of drug-likeness (QED) is 0.655. The molecule has 1 atom stereocenters. The molecule has 0 radical (unpaired) electrons. The Kier molecular flexibility index (Phi) is 2.51. The number of para-hydroxylation sites is 1. The van der Waals surface area contributed by atoms with Gasteiger partial charge in [-0.15, -0.1) is 6.58 Å². The molecule has 0 saturated heterocycles. The normalized spacial score (nSPS) is 12.5. The summed E-state index contributed by atoms with van der Waals surface area (Å²) in [6.45, 7) is 5.23. The van der Waals surface area contributed by atoms with Crippen molar-refractivity contribution in [3.05, 3.63) is 42.0 Å². The number of benzene rings is 1. The van der Waals surface area contributed by atoms with Crippen LogP contribution in [0.25, 0.3) is 0 Å². The molecule has 0 aliphatic heterocycles. The van der Waals surface area contributed by atoms with E-state index in [4.69, 9.17) is 0 Å². The maximum atomic E-state index is 9.49. The van der Waals surface area contributed by atoms with Crippen LogP contribution in [0.2, 0.25) is 0 Å². The number of aliphatic hydroxyl groups is 1. The third kappa shape index (κ3) is 1.48. The SMILES string of the molecule is C=CC(O)c1cccc(C)c1O. The van der Waals surface area contributed by atoms with Crippen LogP contribution in [0.3, 0.4) is 0 Å². The summed E-state index contributed by atoms with van der Waals surface area (Å²) in [4.78, 5) is 0. The molecule has 0 bridgehead atoms. The lowest BCUT2D eigenvalue weighted by atomic mass is 10.1. The smallest absolute Gasteiger partial charge is 0.124 e. The highest BCUT2D eigenvalue weighted by molar-refractivity contribution is 5.41. The lowest BCUT2D eigenvalue weighted by Crippen LogP contribution is -1.93. The highest BCUT2D eigenvalue weighted by atomic mass is 16.3. The summed E-state index contributed by atoms with van der Waals surface area (Å²) in [6.07, 6.45) is 0.596. The Hall–Kier alpha value is -1.28. The number of aryl methyl sites for hydroxylation is 1. The molecule has 1 unspecified atom stereocenters. The first-order valence-electron chi connectivity index (χ1n) is 3.76. The van der Waals surface area contributed by atoms with Crippen LogP contribution in [0.15, 0.2) is 30.9 Å². The van der Waals surface area contributed by atoms with E-state index in [9.17, 15) is 10.2 Å². The second-order valence-corrected chi connectivity index (χ2v) is 2.69. The first-order valence-corrected chi connectivity index (χ1v) is 3.76. The summed E-state index contributed by atoms with van der Waals surface area (Å²) in [5.41, 5.74) is 1.26. The average molecular weight is 164 g/mol. The summed E-state index contributed by atoms with van der Waals surface area (Å²) in [5.74, 6) is 0.143. The minimum atomic E-state index is -0.787. The van der Waals surface area contributed by atoms with E-state index in [0.717, 1.165) is 5.56 Å². The van der Waals surface area contributed by atoms with Gasteiger partial charge in [0.15, 0.2) is 0 Å². The van der Waals surface area contributed by atoms with E-state index in [1.807, 2.05) is 0 Å². The number of hydrogen-bond donors (Lipinski definition) is 2. The Morgan fingerprint density at radius 1 is 1.50 bits per heavy atom. The zero-order valence-corrected chi connectivity index (χ0v) is 6.99. The van der Waals surface area contributed by atoms with Gasteiger partial charge < -0.3 is 10.2 Å². The van der Waals surface area contributed by atoms with Gasteiger partial charge in [0.25, 0.3) is 0 Å². The lowest BCUT2D eigenvalue weighted by Gasteiger charge is -2.09. The van der Waals surface area contributed by atoms with E-state index in [1.165, 1.54) is 6.08 Å². The Balaban J connectivity index is 3.15. The van der Waals surface area contributed by atoms with Gasteiger partial charge in [-0.1, -0.05) is 24.3 Å². The van der Waals surface area contributed by atoms with Crippen LogP contribution in [0.4, 0.5) is 0 Å². The number of rotatable bonds is 2. The molecule has 0 heterocycles. The molecule has 1 aromatic rings. The van der Waals surface area contributed by atoms with E-state index < -0.39 is 6.10 Å². The Morgan fingerprint density at radius 3 is 2.75 bits per heavy atom. The zero-order chi connectivity index (χ0) is 9.14. The van der Waals surface area contributed by atoms with Crippen LogP contribution in [0.1, 0.15) is 17.2 Å². The Labute approximate surface area is 71.8 Å². The van der Waals surface area contributed by atoms with Gasteiger partial charge in [-0.05, 0) is 12.5 Å². The Bertz CT molecular complexity index is 292. The standard InChI is InChI=1S/C10H12O2/c1-3-9(11)8-6-4-5-7(2)10(8)12/h3-6,9,11-12H,1H2,2H3. The van der Waals surface area contributed by atoms with E-state index >= 15 is 0 Å². The van der Waals surface area contributed by atoms with Crippen molar-refractivity contribution in [3.8, 4) is 5.75 Å². The third-order valence-corrected chi connectivity index (χ3v) is 1.81. The van der Waals surface area contributed by atoms with Crippen molar-refractivity contribution in [3.63, 3.8) is 0 Å². The molecular weight excluding hydrogens is 152 g/mol. The molecule has 2 heteroatoms. The highest BCUT2D eigenvalue weighted by Crippen LogP contribution is 2.27. The van der Waals surface area contributed by atoms with E-state index in [1.54, 1.807) is 25.1 Å². The minimum absolute atomic E-state index is 0.143. The van der Waals surface area contributed by atoms with E-state index in [0.29, 0.717) is 5.56 Å². The van der Waals surface area contributed by atoms with Crippen molar-refractivity contribution in [2.75, 3.05) is 0 Å². The molecule has 64 valence electrons. The fourth-order valence-electron chi connectivity index (χ4n) is 1.05.